The number of morpholine rings is 1. The highest BCUT2D eigenvalue weighted by atomic mass is 127. The molecule has 7 rings (SSSR count). The summed E-state index contributed by atoms with van der Waals surface area (Å²) in [7, 11) is 0. The number of hydrogen-bond donors (Lipinski definition) is 2. The first-order valence-corrected chi connectivity index (χ1v) is 21.4. The van der Waals surface area contributed by atoms with Crippen LogP contribution in [-0.4, -0.2) is 140 Å². The molecule has 0 bridgehead atoms. The summed E-state index contributed by atoms with van der Waals surface area (Å²) in [6.45, 7) is 4.75. The third-order valence-corrected chi connectivity index (χ3v) is 10.7. The quantitative estimate of drug-likeness (QED) is 0.0452. The van der Waals surface area contributed by atoms with Crippen LogP contribution in [0.2, 0.25) is 0 Å². The van der Waals surface area contributed by atoms with Crippen molar-refractivity contribution < 1.29 is 55.3 Å². The van der Waals surface area contributed by atoms with E-state index >= 15 is 0 Å². The Morgan fingerprint density at radius 2 is 1.38 bits per heavy atom. The number of alkyl halides is 2. The van der Waals surface area contributed by atoms with E-state index in [0.29, 0.717) is 79.0 Å². The summed E-state index contributed by atoms with van der Waals surface area (Å²) in [6, 6.07) is 12.7. The minimum Gasteiger partial charge on any atom is -0.379 e. The van der Waals surface area contributed by atoms with Gasteiger partial charge >= 0.3 is 0 Å². The van der Waals surface area contributed by atoms with Crippen LogP contribution in [-0.2, 0) is 28.6 Å². The smallest absolute Gasteiger partial charge is 0.296 e. The molecule has 2 aliphatic rings. The molecule has 64 heavy (non-hydrogen) atoms. The van der Waals surface area contributed by atoms with Crippen LogP contribution >= 0.6 is 22.6 Å². The van der Waals surface area contributed by atoms with Gasteiger partial charge < -0.3 is 39.0 Å². The highest BCUT2D eigenvalue weighted by Gasteiger charge is 2.28. The van der Waals surface area contributed by atoms with Crippen molar-refractivity contribution in [3.05, 3.63) is 87.0 Å². The standard InChI is InChI=1S/C41H44F5IN10O7/c42-28-7-6-27(35(34(28)44)48-30-8-5-26(47)25-29(30)43)38(59)53-64-24-23-63-22-21-62-20-19-60-16-9-33(58)54-10-12-55(13-11-54)39-50-40(56-14-17-61-18-15-56)52-41(51-39)57-32-4-2-1-3-31(32)49-37(57)36(45)46/h1-8,25,36,48H,9-24H2,(H,53,59). The first-order chi connectivity index (χ1) is 31.1. The van der Waals surface area contributed by atoms with Crippen molar-refractivity contribution in [2.45, 2.75) is 12.8 Å². The topological polar surface area (TPSA) is 171 Å². The van der Waals surface area contributed by atoms with E-state index in [2.05, 4.69) is 25.7 Å². The van der Waals surface area contributed by atoms with Gasteiger partial charge in [-0.15, -0.1) is 0 Å². The van der Waals surface area contributed by atoms with Crippen LogP contribution in [0.4, 0.5) is 45.2 Å². The predicted octanol–water partition coefficient (Wildman–Crippen LogP) is 5.20. The zero-order valence-electron chi connectivity index (χ0n) is 34.3. The van der Waals surface area contributed by atoms with Crippen LogP contribution in [0.1, 0.15) is 29.0 Å². The number of halogens is 6. The van der Waals surface area contributed by atoms with E-state index in [1.165, 1.54) is 16.7 Å². The van der Waals surface area contributed by atoms with Crippen molar-refractivity contribution in [3.63, 3.8) is 0 Å². The molecule has 3 aromatic carbocycles. The van der Waals surface area contributed by atoms with E-state index in [9.17, 15) is 31.5 Å². The summed E-state index contributed by atoms with van der Waals surface area (Å²) in [4.78, 5) is 54.5. The van der Waals surface area contributed by atoms with Crippen molar-refractivity contribution in [1.82, 2.24) is 34.9 Å². The van der Waals surface area contributed by atoms with Gasteiger partial charge in [0.1, 0.15) is 5.82 Å². The molecule has 4 heterocycles. The monoisotopic (exact) mass is 1010 g/mol. The number of piperazine rings is 1. The summed E-state index contributed by atoms with van der Waals surface area (Å²) < 4.78 is 95.4. The number of hydrogen-bond acceptors (Lipinski definition) is 14. The molecule has 2 fully saturated rings. The van der Waals surface area contributed by atoms with Gasteiger partial charge in [0.15, 0.2) is 17.5 Å². The van der Waals surface area contributed by atoms with E-state index in [0.717, 1.165) is 12.1 Å². The molecule has 0 unspecified atom stereocenters. The fourth-order valence-corrected chi connectivity index (χ4v) is 7.22. The number of nitrogens with one attached hydrogen (secondary N) is 2. The first kappa shape index (κ1) is 46.6. The Kier molecular flexibility index (Phi) is 16.4. The fraction of sp³-hybridized carbons (Fsp3) is 0.415. The number of para-hydroxylation sites is 2. The van der Waals surface area contributed by atoms with Crippen molar-refractivity contribution in [2.24, 2.45) is 0 Å². The van der Waals surface area contributed by atoms with E-state index in [1.54, 1.807) is 35.2 Å². The van der Waals surface area contributed by atoms with Crippen LogP contribution < -0.4 is 20.6 Å². The molecule has 0 aliphatic carbocycles. The molecule has 342 valence electrons. The lowest BCUT2D eigenvalue weighted by Crippen LogP contribution is -2.49. The van der Waals surface area contributed by atoms with Crippen LogP contribution in [0.5, 0.6) is 0 Å². The largest absolute Gasteiger partial charge is 0.379 e. The fourth-order valence-electron chi connectivity index (χ4n) is 6.77. The van der Waals surface area contributed by atoms with Crippen LogP contribution in [0.25, 0.3) is 17.0 Å². The molecule has 23 heteroatoms. The Hall–Kier alpha value is -5.34. The summed E-state index contributed by atoms with van der Waals surface area (Å²) in [5.41, 5.74) is 1.97. The Morgan fingerprint density at radius 3 is 2.06 bits per heavy atom. The molecule has 2 aromatic heterocycles. The molecule has 2 aliphatic heterocycles. The van der Waals surface area contributed by atoms with Gasteiger partial charge in [0, 0.05) is 42.8 Å². The number of amides is 2. The third kappa shape index (κ3) is 11.9. The molecule has 0 saturated carbocycles. The van der Waals surface area contributed by atoms with Gasteiger partial charge in [0.05, 0.1) is 93.9 Å². The highest BCUT2D eigenvalue weighted by molar-refractivity contribution is 14.1. The number of fused-ring (bicyclic) bond motifs is 1. The number of hydroxylamine groups is 1. The molecule has 0 radical (unpaired) electrons. The number of imidazole rings is 1. The number of benzene rings is 3. The number of nitrogens with zero attached hydrogens (tertiary/aromatic N) is 8. The summed E-state index contributed by atoms with van der Waals surface area (Å²) >= 11 is 1.90. The summed E-state index contributed by atoms with van der Waals surface area (Å²) in [5, 5.41) is 2.45. The number of carbonyl (C=O) groups excluding carboxylic acids is 2. The molecule has 2 amide bonds. The van der Waals surface area contributed by atoms with Crippen molar-refractivity contribution >= 4 is 68.7 Å². The molecule has 0 atom stereocenters. The zero-order valence-corrected chi connectivity index (χ0v) is 36.4. The molecular weight excluding hydrogens is 966 g/mol. The summed E-state index contributed by atoms with van der Waals surface area (Å²) in [5.74, 6) is -4.05. The Labute approximate surface area is 377 Å². The zero-order chi connectivity index (χ0) is 45.0. The maximum Gasteiger partial charge on any atom is 0.296 e. The average molecular weight is 1010 g/mol. The van der Waals surface area contributed by atoms with Gasteiger partial charge in [-0.25, -0.2) is 32.4 Å². The Bertz CT molecular complexity index is 2390. The highest BCUT2D eigenvalue weighted by Crippen LogP contribution is 2.30. The normalized spacial score (nSPS) is 14.5. The minimum absolute atomic E-state index is 0.0313. The lowest BCUT2D eigenvalue weighted by molar-refractivity contribution is -0.132. The van der Waals surface area contributed by atoms with Gasteiger partial charge in [0.2, 0.25) is 23.8 Å². The van der Waals surface area contributed by atoms with E-state index < -0.39 is 41.3 Å². The average Bonchev–Trinajstić information content (AvgIpc) is 3.71. The van der Waals surface area contributed by atoms with Gasteiger partial charge in [0.25, 0.3) is 12.3 Å². The maximum atomic E-state index is 14.6. The molecular formula is C41H44F5IN10O7. The maximum absolute atomic E-state index is 14.6. The Balaban J connectivity index is 0.780. The molecule has 2 N–H and O–H groups in total. The van der Waals surface area contributed by atoms with Crippen LogP contribution in [0.15, 0.2) is 54.6 Å². The van der Waals surface area contributed by atoms with Crippen molar-refractivity contribution in [3.8, 4) is 5.95 Å². The predicted molar refractivity (Wildman–Crippen MR) is 230 cm³/mol. The van der Waals surface area contributed by atoms with Crippen LogP contribution in [0.3, 0.4) is 0 Å². The Morgan fingerprint density at radius 1 is 0.734 bits per heavy atom. The van der Waals surface area contributed by atoms with Crippen molar-refractivity contribution in [1.29, 1.82) is 0 Å². The molecule has 0 spiro atoms. The number of aromatic nitrogens is 5. The first-order valence-electron chi connectivity index (χ1n) is 20.3. The molecule has 17 nitrogen and oxygen atoms in total. The van der Waals surface area contributed by atoms with Crippen molar-refractivity contribution in [2.75, 3.05) is 114 Å². The lowest BCUT2D eigenvalue weighted by Gasteiger charge is -2.35. The number of carbonyl (C=O) groups is 2. The third-order valence-electron chi connectivity index (χ3n) is 10.0. The lowest BCUT2D eigenvalue weighted by atomic mass is 10.1. The van der Waals surface area contributed by atoms with E-state index in [4.69, 9.17) is 28.8 Å². The van der Waals surface area contributed by atoms with Gasteiger partial charge in [-0.1, -0.05) is 12.1 Å². The van der Waals surface area contributed by atoms with Gasteiger partial charge in [-0.2, -0.15) is 15.0 Å². The second kappa shape index (κ2) is 22.5. The molecule has 5 aromatic rings. The van der Waals surface area contributed by atoms with Gasteiger partial charge in [-0.3, -0.25) is 19.0 Å². The SMILES string of the molecule is O=C(NOCCOCCOCCOCCC(=O)N1CCN(c2nc(N3CCOCC3)nc(-n3c(C(F)F)nc4ccccc43)n2)CC1)c1ccc(F)c(F)c1Nc1ccc(I)cc1F. The van der Waals surface area contributed by atoms with E-state index in [1.807, 2.05) is 32.4 Å². The second-order valence-electron chi connectivity index (χ2n) is 14.2. The summed E-state index contributed by atoms with van der Waals surface area (Å²) in [6.07, 6.45) is -2.71. The van der Waals surface area contributed by atoms with Gasteiger partial charge in [-0.05, 0) is 65.1 Å². The van der Waals surface area contributed by atoms with Crippen LogP contribution in [0, 0.1) is 21.0 Å². The number of anilines is 4. The number of ether oxygens (including phenoxy) is 4. The van der Waals surface area contributed by atoms with E-state index in [-0.39, 0.29) is 75.8 Å². The second-order valence-corrected chi connectivity index (χ2v) is 15.4. The molecule has 2 saturated heterocycles. The minimum atomic E-state index is -2.87. The number of rotatable bonds is 20.